The molecule has 30 heavy (non-hydrogen) atoms. The van der Waals surface area contributed by atoms with E-state index in [4.69, 9.17) is 5.73 Å². The summed E-state index contributed by atoms with van der Waals surface area (Å²) in [7, 11) is -3.15. The number of aromatic nitrogens is 3. The number of hydrogen-bond acceptors (Lipinski definition) is 8. The number of hydrogen-bond donors (Lipinski definition) is 2. The summed E-state index contributed by atoms with van der Waals surface area (Å²) in [5.74, 6) is 7.68. The second-order valence-electron chi connectivity index (χ2n) is 7.09. The highest BCUT2D eigenvalue weighted by atomic mass is 32.2. The lowest BCUT2D eigenvalue weighted by Gasteiger charge is -2.35. The van der Waals surface area contributed by atoms with E-state index in [9.17, 15) is 8.42 Å². The van der Waals surface area contributed by atoms with Crippen molar-refractivity contribution in [3.63, 3.8) is 0 Å². The Kier molecular flexibility index (Phi) is 7.20. The summed E-state index contributed by atoms with van der Waals surface area (Å²) in [4.78, 5) is 17.5. The minimum Gasteiger partial charge on any atom is -0.384 e. The smallest absolute Gasteiger partial charge is 0.208 e. The van der Waals surface area contributed by atoms with Gasteiger partial charge in [0.2, 0.25) is 10.0 Å². The van der Waals surface area contributed by atoms with Crippen LogP contribution in [0.2, 0.25) is 0 Å². The van der Waals surface area contributed by atoms with E-state index in [2.05, 4.69) is 48.2 Å². The van der Waals surface area contributed by atoms with E-state index in [1.807, 2.05) is 6.07 Å². The van der Waals surface area contributed by atoms with E-state index in [-0.39, 0.29) is 0 Å². The Morgan fingerprint density at radius 3 is 2.53 bits per heavy atom. The number of anilines is 2. The normalized spacial score (nSPS) is 14.9. The Labute approximate surface area is 177 Å². The van der Waals surface area contributed by atoms with Crippen molar-refractivity contribution in [3.8, 4) is 11.8 Å². The van der Waals surface area contributed by atoms with Crippen LogP contribution < -0.4 is 15.4 Å². The van der Waals surface area contributed by atoms with Crippen molar-refractivity contribution >= 4 is 21.7 Å². The summed E-state index contributed by atoms with van der Waals surface area (Å²) in [6, 6.07) is 3.57. The van der Waals surface area contributed by atoms with Gasteiger partial charge in [-0.05, 0) is 18.6 Å². The highest BCUT2D eigenvalue weighted by Gasteiger charge is 2.21. The molecule has 1 aliphatic rings. The Morgan fingerprint density at radius 2 is 1.90 bits per heavy atom. The van der Waals surface area contributed by atoms with E-state index in [0.29, 0.717) is 18.9 Å². The molecule has 3 N–H and O–H groups in total. The SMILES string of the molecule is CCc1ncnc(N2CCN(CCNS(C)(=O)=O)CC2)c1C#Cc1ccc(N)nc1. The fourth-order valence-electron chi connectivity index (χ4n) is 3.23. The Morgan fingerprint density at radius 1 is 1.13 bits per heavy atom. The van der Waals surface area contributed by atoms with Gasteiger partial charge in [-0.25, -0.2) is 28.1 Å². The molecular weight excluding hydrogens is 402 g/mol. The molecule has 10 heteroatoms. The molecule has 0 amide bonds. The summed E-state index contributed by atoms with van der Waals surface area (Å²) in [6.07, 6.45) is 5.18. The summed E-state index contributed by atoms with van der Waals surface area (Å²) in [6.45, 7) is 6.38. The van der Waals surface area contributed by atoms with E-state index in [0.717, 1.165) is 55.2 Å². The number of piperazine rings is 1. The first kappa shape index (κ1) is 22.0. The lowest BCUT2D eigenvalue weighted by Crippen LogP contribution is -2.49. The molecule has 2 aromatic heterocycles. The molecule has 3 heterocycles. The van der Waals surface area contributed by atoms with Crippen LogP contribution in [-0.4, -0.2) is 73.8 Å². The average molecular weight is 430 g/mol. The number of nitrogen functional groups attached to an aromatic ring is 1. The number of nitrogens with two attached hydrogens (primary N) is 1. The molecule has 3 rings (SSSR count). The van der Waals surface area contributed by atoms with E-state index >= 15 is 0 Å². The van der Waals surface area contributed by atoms with Crippen molar-refractivity contribution in [1.82, 2.24) is 24.6 Å². The zero-order valence-electron chi connectivity index (χ0n) is 17.3. The first-order valence-corrected chi connectivity index (χ1v) is 11.7. The van der Waals surface area contributed by atoms with E-state index in [1.165, 1.54) is 6.26 Å². The zero-order chi connectivity index (χ0) is 21.6. The number of pyridine rings is 1. The first-order chi connectivity index (χ1) is 14.4. The van der Waals surface area contributed by atoms with Crippen molar-refractivity contribution in [2.75, 3.05) is 56.2 Å². The molecule has 2 aromatic rings. The third-order valence-corrected chi connectivity index (χ3v) is 5.55. The fourth-order valence-corrected chi connectivity index (χ4v) is 3.70. The number of aryl methyl sites for hydroxylation is 1. The molecule has 1 fully saturated rings. The number of nitrogens with one attached hydrogen (secondary N) is 1. The minimum atomic E-state index is -3.15. The van der Waals surface area contributed by atoms with Crippen LogP contribution in [-0.2, 0) is 16.4 Å². The third-order valence-electron chi connectivity index (χ3n) is 4.82. The molecule has 0 atom stereocenters. The number of nitrogens with zero attached hydrogens (tertiary/aromatic N) is 5. The van der Waals surface area contributed by atoms with Crippen molar-refractivity contribution in [2.24, 2.45) is 0 Å². The van der Waals surface area contributed by atoms with Gasteiger partial charge < -0.3 is 10.6 Å². The van der Waals surface area contributed by atoms with Gasteiger partial charge in [0, 0.05) is 51.0 Å². The van der Waals surface area contributed by atoms with Gasteiger partial charge in [0.15, 0.2) is 0 Å². The lowest BCUT2D eigenvalue weighted by atomic mass is 10.1. The molecule has 0 saturated carbocycles. The van der Waals surface area contributed by atoms with Crippen LogP contribution in [0.4, 0.5) is 11.6 Å². The second-order valence-corrected chi connectivity index (χ2v) is 8.92. The average Bonchev–Trinajstić information content (AvgIpc) is 2.73. The van der Waals surface area contributed by atoms with Gasteiger partial charge in [-0.2, -0.15) is 0 Å². The van der Waals surface area contributed by atoms with Gasteiger partial charge in [0.1, 0.15) is 18.0 Å². The molecule has 0 unspecified atom stereocenters. The highest BCUT2D eigenvalue weighted by molar-refractivity contribution is 7.88. The molecule has 160 valence electrons. The van der Waals surface area contributed by atoms with Gasteiger partial charge in [0.25, 0.3) is 0 Å². The maximum absolute atomic E-state index is 11.2. The maximum Gasteiger partial charge on any atom is 0.208 e. The number of rotatable bonds is 6. The van der Waals surface area contributed by atoms with Crippen LogP contribution >= 0.6 is 0 Å². The summed E-state index contributed by atoms with van der Waals surface area (Å²) >= 11 is 0. The van der Waals surface area contributed by atoms with E-state index in [1.54, 1.807) is 18.6 Å². The maximum atomic E-state index is 11.2. The monoisotopic (exact) mass is 429 g/mol. The summed E-state index contributed by atoms with van der Waals surface area (Å²) in [5.41, 5.74) is 8.17. The number of sulfonamides is 1. The largest absolute Gasteiger partial charge is 0.384 e. The van der Waals surface area contributed by atoms with Crippen molar-refractivity contribution in [1.29, 1.82) is 0 Å². The van der Waals surface area contributed by atoms with Crippen molar-refractivity contribution in [2.45, 2.75) is 13.3 Å². The fraction of sp³-hybridized carbons (Fsp3) is 0.450. The molecular formula is C20H27N7O2S. The molecule has 9 nitrogen and oxygen atoms in total. The molecule has 1 aliphatic heterocycles. The molecule has 0 aromatic carbocycles. The van der Waals surface area contributed by atoms with E-state index < -0.39 is 10.0 Å². The third kappa shape index (κ3) is 6.13. The zero-order valence-corrected chi connectivity index (χ0v) is 18.1. The van der Waals surface area contributed by atoms with Gasteiger partial charge in [-0.1, -0.05) is 18.8 Å². The van der Waals surface area contributed by atoms with Gasteiger partial charge in [0.05, 0.1) is 17.5 Å². The van der Waals surface area contributed by atoms with Crippen LogP contribution in [0.1, 0.15) is 23.7 Å². The Bertz CT molecular complexity index is 1020. The topological polar surface area (TPSA) is 117 Å². The van der Waals surface area contributed by atoms with Crippen LogP contribution in [0.5, 0.6) is 0 Å². The van der Waals surface area contributed by atoms with Crippen LogP contribution in [0.25, 0.3) is 0 Å². The molecule has 1 saturated heterocycles. The Balaban J connectivity index is 1.72. The summed E-state index contributed by atoms with van der Waals surface area (Å²) < 4.78 is 25.0. The second kappa shape index (κ2) is 9.84. The van der Waals surface area contributed by atoms with Crippen molar-refractivity contribution in [3.05, 3.63) is 41.5 Å². The Hall–Kier alpha value is -2.74. The predicted molar refractivity (Wildman–Crippen MR) is 118 cm³/mol. The molecule has 0 radical (unpaired) electrons. The first-order valence-electron chi connectivity index (χ1n) is 9.85. The standard InChI is InChI=1S/C20H27N7O2S/c1-3-18-17(6-4-16-5-7-19(21)22-14-16)20(24-15-23-18)27-12-10-26(11-13-27)9-8-25-30(2,28)29/h5,7,14-15,25H,3,8-13H2,1-2H3,(H2,21,22). The summed E-state index contributed by atoms with van der Waals surface area (Å²) in [5, 5.41) is 0. The quantitative estimate of drug-likeness (QED) is 0.621. The highest BCUT2D eigenvalue weighted by Crippen LogP contribution is 2.21. The van der Waals surface area contributed by atoms with Gasteiger partial charge >= 0.3 is 0 Å². The van der Waals surface area contributed by atoms with Gasteiger partial charge in [-0.15, -0.1) is 0 Å². The van der Waals surface area contributed by atoms with Crippen LogP contribution in [0.3, 0.4) is 0 Å². The minimum absolute atomic E-state index is 0.415. The molecule has 0 spiro atoms. The molecule has 0 bridgehead atoms. The lowest BCUT2D eigenvalue weighted by molar-refractivity contribution is 0.261. The predicted octanol–water partition coefficient (Wildman–Crippen LogP) is 0.0872. The van der Waals surface area contributed by atoms with Crippen LogP contribution in [0, 0.1) is 11.8 Å². The van der Waals surface area contributed by atoms with Crippen LogP contribution in [0.15, 0.2) is 24.7 Å². The molecule has 0 aliphatic carbocycles. The van der Waals surface area contributed by atoms with Crippen molar-refractivity contribution < 1.29 is 8.42 Å². The van der Waals surface area contributed by atoms with Gasteiger partial charge in [-0.3, -0.25) is 4.90 Å².